The number of hydrogen-bond acceptors (Lipinski definition) is 4. The molecule has 1 aromatic heterocycles. The van der Waals surface area contributed by atoms with Gasteiger partial charge in [0.25, 0.3) is 5.91 Å². The summed E-state index contributed by atoms with van der Waals surface area (Å²) in [5, 5.41) is 15.9. The van der Waals surface area contributed by atoms with Crippen molar-refractivity contribution in [3.63, 3.8) is 0 Å². The van der Waals surface area contributed by atoms with Crippen LogP contribution in [0.2, 0.25) is 0 Å². The Morgan fingerprint density at radius 3 is 2.60 bits per heavy atom. The molecule has 110 valence electrons. The van der Waals surface area contributed by atoms with Crippen LogP contribution in [0, 0.1) is 0 Å². The average Bonchev–Trinajstić information content (AvgIpc) is 2.87. The van der Waals surface area contributed by atoms with Crippen molar-refractivity contribution in [1.29, 1.82) is 0 Å². The van der Waals surface area contributed by atoms with Crippen molar-refractivity contribution in [3.8, 4) is 0 Å². The first-order valence-corrected chi connectivity index (χ1v) is 7.67. The largest absolute Gasteiger partial charge is 0.394 e. The highest BCUT2D eigenvalue weighted by atomic mass is 32.1. The van der Waals surface area contributed by atoms with Gasteiger partial charge < -0.3 is 15.7 Å². The molecule has 0 aromatic carbocycles. The topological polar surface area (TPSA) is 78.4 Å². The third-order valence-electron chi connectivity index (χ3n) is 3.62. The SMILES string of the molecule is CC(=O)Nc1ccc(C(=O)NC2(CO)CCCCC2)s1. The van der Waals surface area contributed by atoms with Crippen LogP contribution >= 0.6 is 11.3 Å². The lowest BCUT2D eigenvalue weighted by Gasteiger charge is -2.36. The van der Waals surface area contributed by atoms with E-state index < -0.39 is 5.54 Å². The predicted octanol–water partition coefficient (Wildman–Crippen LogP) is 2.13. The van der Waals surface area contributed by atoms with Crippen molar-refractivity contribution in [3.05, 3.63) is 17.0 Å². The normalized spacial score (nSPS) is 17.5. The zero-order valence-corrected chi connectivity index (χ0v) is 12.4. The van der Waals surface area contributed by atoms with E-state index in [1.165, 1.54) is 18.3 Å². The van der Waals surface area contributed by atoms with Crippen molar-refractivity contribution in [2.75, 3.05) is 11.9 Å². The first kappa shape index (κ1) is 15.0. The number of hydrogen-bond donors (Lipinski definition) is 3. The van der Waals surface area contributed by atoms with Gasteiger partial charge in [-0.25, -0.2) is 0 Å². The maximum atomic E-state index is 12.3. The molecule has 0 spiro atoms. The molecule has 1 heterocycles. The monoisotopic (exact) mass is 296 g/mol. The Labute approximate surface area is 122 Å². The second-order valence-electron chi connectivity index (χ2n) is 5.30. The first-order valence-electron chi connectivity index (χ1n) is 6.85. The van der Waals surface area contributed by atoms with Gasteiger partial charge in [-0.2, -0.15) is 0 Å². The van der Waals surface area contributed by atoms with Crippen molar-refractivity contribution >= 4 is 28.2 Å². The molecule has 0 bridgehead atoms. The fourth-order valence-corrected chi connectivity index (χ4v) is 3.40. The Hall–Kier alpha value is -1.40. The lowest BCUT2D eigenvalue weighted by Crippen LogP contribution is -2.52. The summed E-state index contributed by atoms with van der Waals surface area (Å²) in [5.41, 5.74) is -0.479. The van der Waals surface area contributed by atoms with Crippen LogP contribution < -0.4 is 10.6 Å². The number of thiophene rings is 1. The Balaban J connectivity index is 2.03. The van der Waals surface area contributed by atoms with Gasteiger partial charge in [0.2, 0.25) is 5.91 Å². The summed E-state index contributed by atoms with van der Waals surface area (Å²) in [4.78, 5) is 23.8. The molecule has 2 rings (SSSR count). The fraction of sp³-hybridized carbons (Fsp3) is 0.571. The molecule has 1 aromatic rings. The average molecular weight is 296 g/mol. The van der Waals surface area contributed by atoms with Crippen LogP contribution in [-0.2, 0) is 4.79 Å². The van der Waals surface area contributed by atoms with E-state index >= 15 is 0 Å². The number of amides is 2. The van der Waals surface area contributed by atoms with E-state index in [1.807, 2.05) is 0 Å². The fourth-order valence-electron chi connectivity index (χ4n) is 2.55. The van der Waals surface area contributed by atoms with Crippen LogP contribution in [0.5, 0.6) is 0 Å². The van der Waals surface area contributed by atoms with Gasteiger partial charge in [0, 0.05) is 6.92 Å². The van der Waals surface area contributed by atoms with Crippen LogP contribution in [0.15, 0.2) is 12.1 Å². The van der Waals surface area contributed by atoms with Crippen LogP contribution in [-0.4, -0.2) is 29.1 Å². The number of aliphatic hydroxyl groups is 1. The molecule has 1 aliphatic carbocycles. The molecule has 1 saturated carbocycles. The van der Waals surface area contributed by atoms with E-state index in [9.17, 15) is 14.7 Å². The second kappa shape index (κ2) is 6.37. The van der Waals surface area contributed by atoms with Crippen molar-refractivity contribution in [2.45, 2.75) is 44.6 Å². The number of nitrogens with one attached hydrogen (secondary N) is 2. The number of carbonyl (C=O) groups excluding carboxylic acids is 2. The van der Waals surface area contributed by atoms with Gasteiger partial charge in [-0.3, -0.25) is 9.59 Å². The van der Waals surface area contributed by atoms with Crippen molar-refractivity contribution in [2.24, 2.45) is 0 Å². The summed E-state index contributed by atoms with van der Waals surface area (Å²) in [5.74, 6) is -0.333. The Morgan fingerprint density at radius 1 is 1.30 bits per heavy atom. The van der Waals surface area contributed by atoms with Gasteiger partial charge in [-0.1, -0.05) is 19.3 Å². The van der Waals surface area contributed by atoms with Gasteiger partial charge >= 0.3 is 0 Å². The highest BCUT2D eigenvalue weighted by Gasteiger charge is 2.33. The zero-order valence-electron chi connectivity index (χ0n) is 11.6. The smallest absolute Gasteiger partial charge is 0.261 e. The minimum atomic E-state index is -0.479. The third kappa shape index (κ3) is 3.58. The third-order valence-corrected chi connectivity index (χ3v) is 4.62. The van der Waals surface area contributed by atoms with Crippen LogP contribution in [0.1, 0.15) is 48.7 Å². The molecule has 5 nitrogen and oxygen atoms in total. The predicted molar refractivity (Wildman–Crippen MR) is 79.0 cm³/mol. The molecule has 6 heteroatoms. The first-order chi connectivity index (χ1) is 9.54. The number of aliphatic hydroxyl groups excluding tert-OH is 1. The van der Waals surface area contributed by atoms with E-state index in [0.29, 0.717) is 9.88 Å². The molecule has 20 heavy (non-hydrogen) atoms. The molecule has 0 radical (unpaired) electrons. The summed E-state index contributed by atoms with van der Waals surface area (Å²) in [6.07, 6.45) is 4.85. The Kier molecular flexibility index (Phi) is 4.77. The minimum absolute atomic E-state index is 0.0251. The van der Waals surface area contributed by atoms with Gasteiger partial charge in [0.15, 0.2) is 0 Å². The van der Waals surface area contributed by atoms with Crippen LogP contribution in [0.4, 0.5) is 5.00 Å². The molecular formula is C14H20N2O3S. The Bertz CT molecular complexity index is 492. The number of anilines is 1. The standard InChI is InChI=1S/C14H20N2O3S/c1-10(18)15-12-6-5-11(20-12)13(19)16-14(9-17)7-3-2-4-8-14/h5-6,17H,2-4,7-9H2,1H3,(H,15,18)(H,16,19). The number of rotatable bonds is 4. The molecule has 0 saturated heterocycles. The van der Waals surface area contributed by atoms with E-state index in [4.69, 9.17) is 0 Å². The molecule has 3 N–H and O–H groups in total. The maximum Gasteiger partial charge on any atom is 0.261 e. The molecular weight excluding hydrogens is 276 g/mol. The van der Waals surface area contributed by atoms with Gasteiger partial charge in [0.1, 0.15) is 0 Å². The molecule has 0 unspecified atom stereocenters. The van der Waals surface area contributed by atoms with Crippen LogP contribution in [0.3, 0.4) is 0 Å². The van der Waals surface area contributed by atoms with E-state index in [-0.39, 0.29) is 18.4 Å². The van der Waals surface area contributed by atoms with E-state index in [1.54, 1.807) is 12.1 Å². The highest BCUT2D eigenvalue weighted by molar-refractivity contribution is 7.18. The quantitative estimate of drug-likeness (QED) is 0.796. The molecule has 2 amide bonds. The molecule has 1 aliphatic rings. The van der Waals surface area contributed by atoms with Gasteiger partial charge in [-0.05, 0) is 25.0 Å². The maximum absolute atomic E-state index is 12.3. The lowest BCUT2D eigenvalue weighted by atomic mass is 9.82. The summed E-state index contributed by atoms with van der Waals surface area (Å²) in [7, 11) is 0. The minimum Gasteiger partial charge on any atom is -0.394 e. The van der Waals surface area contributed by atoms with Crippen molar-refractivity contribution in [1.82, 2.24) is 5.32 Å². The summed E-state index contributed by atoms with van der Waals surface area (Å²) in [6.45, 7) is 1.41. The summed E-state index contributed by atoms with van der Waals surface area (Å²) < 4.78 is 0. The Morgan fingerprint density at radius 2 is 2.00 bits per heavy atom. The molecule has 0 atom stereocenters. The van der Waals surface area contributed by atoms with Crippen LogP contribution in [0.25, 0.3) is 0 Å². The van der Waals surface area contributed by atoms with E-state index in [0.717, 1.165) is 32.1 Å². The van der Waals surface area contributed by atoms with Gasteiger partial charge in [0.05, 0.1) is 22.0 Å². The van der Waals surface area contributed by atoms with Gasteiger partial charge in [-0.15, -0.1) is 11.3 Å². The summed E-state index contributed by atoms with van der Waals surface area (Å²) in [6, 6.07) is 3.41. The lowest BCUT2D eigenvalue weighted by molar-refractivity contribution is -0.114. The zero-order chi connectivity index (χ0) is 14.6. The van der Waals surface area contributed by atoms with E-state index in [2.05, 4.69) is 10.6 Å². The highest BCUT2D eigenvalue weighted by Crippen LogP contribution is 2.29. The molecule has 0 aliphatic heterocycles. The summed E-state index contributed by atoms with van der Waals surface area (Å²) >= 11 is 1.24. The second-order valence-corrected chi connectivity index (χ2v) is 6.38. The molecule has 1 fully saturated rings. The van der Waals surface area contributed by atoms with Crippen molar-refractivity contribution < 1.29 is 14.7 Å². The number of carbonyl (C=O) groups is 2.